The first kappa shape index (κ1) is 43.0. The summed E-state index contributed by atoms with van der Waals surface area (Å²) in [5.74, 6) is 0. The molecule has 0 bridgehead atoms. The van der Waals surface area contributed by atoms with Crippen molar-refractivity contribution in [3.63, 3.8) is 0 Å². The third-order valence-electron chi connectivity index (χ3n) is 19.3. The molecule has 5 nitrogen and oxygen atoms in total. The van der Waals surface area contributed by atoms with Gasteiger partial charge in [0, 0.05) is 83.5 Å². The van der Waals surface area contributed by atoms with Crippen LogP contribution in [0, 0.1) is 0 Å². The topological polar surface area (TPSA) is 21.3 Å². The molecule has 14 aromatic carbocycles. The number of hydrogen-bond donors (Lipinski definition) is 0. The highest BCUT2D eigenvalue weighted by Gasteiger charge is 2.45. The van der Waals surface area contributed by atoms with Gasteiger partial charge in [0.2, 0.25) is 0 Å². The van der Waals surface area contributed by atoms with Crippen LogP contribution < -0.4 is 26.2 Å². The van der Waals surface area contributed by atoms with Gasteiger partial charge in [0.05, 0.1) is 49.5 Å². The third-order valence-corrected chi connectivity index (χ3v) is 19.3. The predicted octanol–water partition coefficient (Wildman–Crippen LogP) is 21.4. The third kappa shape index (κ3) is 8.29. The van der Waals surface area contributed by atoms with Gasteiger partial charge < -0.3 is 23.5 Å². The highest BCUT2D eigenvalue weighted by atomic mass is 15.2. The van der Waals surface area contributed by atoms with Crippen LogP contribution in [0.2, 0.25) is 0 Å². The van der Waals surface area contributed by atoms with Crippen molar-refractivity contribution in [2.45, 2.75) is 26.2 Å². The van der Waals surface area contributed by atoms with Crippen LogP contribution in [0.3, 0.4) is 0 Å². The van der Waals surface area contributed by atoms with Crippen molar-refractivity contribution < 1.29 is 16.4 Å². The molecule has 3 aromatic heterocycles. The minimum atomic E-state index is -0.556. The van der Waals surface area contributed by atoms with E-state index in [-0.39, 0.29) is 46.0 Å². The summed E-state index contributed by atoms with van der Waals surface area (Å²) in [5, 5.41) is 3.16. The van der Waals surface area contributed by atoms with E-state index in [9.17, 15) is 11.0 Å². The number of nitrogens with zero attached hydrogens (tertiary/aromatic N) is 5. The lowest BCUT2D eigenvalue weighted by molar-refractivity contribution is 0.590. The fourth-order valence-electron chi connectivity index (χ4n) is 15.0. The van der Waals surface area contributed by atoms with E-state index in [0.29, 0.717) is 38.9 Å². The lowest BCUT2D eigenvalue weighted by Crippen LogP contribution is -2.61. The van der Waals surface area contributed by atoms with Crippen molar-refractivity contribution in [1.82, 2.24) is 13.7 Å². The van der Waals surface area contributed by atoms with Gasteiger partial charge in [0.15, 0.2) is 0 Å². The van der Waals surface area contributed by atoms with Crippen molar-refractivity contribution in [3.8, 4) is 50.4 Å². The summed E-state index contributed by atoms with van der Waals surface area (Å²) < 4.78 is 119. The van der Waals surface area contributed by atoms with Gasteiger partial charge in [-0.3, -0.25) is 0 Å². The molecule has 5 heterocycles. The second kappa shape index (κ2) is 20.8. The molecule has 0 amide bonds. The molecule has 0 radical (unpaired) electrons. The zero-order valence-electron chi connectivity index (χ0n) is 63.5. The molecule has 0 unspecified atom stereocenters. The molecule has 2 aliphatic heterocycles. The Morgan fingerprint density at radius 2 is 0.681 bits per heavy atom. The predicted molar refractivity (Wildman–Crippen MR) is 398 cm³/mol. The van der Waals surface area contributed by atoms with E-state index in [4.69, 9.17) is 5.48 Å². The molecule has 17 aromatic rings. The average molecular weight is 1210 g/mol. The zero-order valence-corrected chi connectivity index (χ0v) is 51.5. The van der Waals surface area contributed by atoms with E-state index >= 15 is 0 Å². The number of anilines is 6. The monoisotopic (exact) mass is 1210 g/mol. The van der Waals surface area contributed by atoms with E-state index in [1.54, 1.807) is 4.57 Å². The highest BCUT2D eigenvalue weighted by molar-refractivity contribution is 7.00. The lowest BCUT2D eigenvalue weighted by Gasteiger charge is -2.45. The molecule has 0 saturated heterocycles. The van der Waals surface area contributed by atoms with Crippen LogP contribution in [0.1, 0.15) is 42.8 Å². The van der Waals surface area contributed by atoms with Crippen LogP contribution in [0.25, 0.3) is 116 Å². The molecule has 0 N–H and O–H groups in total. The summed E-state index contributed by atoms with van der Waals surface area (Å²) >= 11 is 0. The van der Waals surface area contributed by atoms with Gasteiger partial charge in [-0.15, -0.1) is 0 Å². The van der Waals surface area contributed by atoms with Gasteiger partial charge in [-0.1, -0.05) is 227 Å². The highest BCUT2D eigenvalue weighted by Crippen LogP contribution is 2.50. The van der Waals surface area contributed by atoms with E-state index in [2.05, 4.69) is 187 Å². The first-order valence-corrected chi connectivity index (χ1v) is 31.8. The van der Waals surface area contributed by atoms with Crippen molar-refractivity contribution >= 4 is 123 Å². The minimum absolute atomic E-state index is 0.00669. The molecule has 19 rings (SSSR count). The molecule has 0 fully saturated rings. The molecule has 6 heteroatoms. The summed E-state index contributed by atoms with van der Waals surface area (Å²) in [6, 6.07) is 81.0. The number of para-hydroxylation sites is 5. The molecule has 0 aliphatic carbocycles. The van der Waals surface area contributed by atoms with Crippen LogP contribution >= 0.6 is 0 Å². The number of benzene rings is 14. The summed E-state index contributed by atoms with van der Waals surface area (Å²) in [7, 11) is 0. The Bertz CT molecular complexity index is 6490. The van der Waals surface area contributed by atoms with Crippen molar-refractivity contribution in [2.75, 3.05) is 9.80 Å². The maximum atomic E-state index is 9.93. The van der Waals surface area contributed by atoms with Gasteiger partial charge in [0.25, 0.3) is 6.71 Å². The van der Waals surface area contributed by atoms with E-state index in [1.807, 2.05) is 102 Å². The van der Waals surface area contributed by atoms with Crippen molar-refractivity contribution in [2.24, 2.45) is 0 Å². The fraction of sp³-hybridized carbons (Fsp3) is 0.0455. The second-order valence-electron chi connectivity index (χ2n) is 25.6. The maximum Gasteiger partial charge on any atom is 0.252 e. The van der Waals surface area contributed by atoms with Gasteiger partial charge in [-0.05, 0) is 176 Å². The SMILES string of the molecule is [2H]c1c([2H])c([2H])c2c(c1[2H])c1cc(-n3c4ccccc4c4ccccc43)ccc1n2-c1ccc2c(c1)N(c1cccc(-c3ccccc3)c1)c1cc(C(C)(C)C)cc3c1B2c1ccc(-n2c4c([2H])c([2H])c([2H])c([2H])c4c4c([2H])c([2H])c([2H])c([2H])c42)cc1N3c1cc(-c2ccccc2)cc(-c2ccccc2)c1. The molecular weight excluding hydrogens is 1140 g/mol. The van der Waals surface area contributed by atoms with E-state index < -0.39 is 60.5 Å². The Morgan fingerprint density at radius 3 is 1.21 bits per heavy atom. The second-order valence-corrected chi connectivity index (χ2v) is 25.6. The smallest absolute Gasteiger partial charge is 0.252 e. The zero-order chi connectivity index (χ0) is 72.8. The normalized spacial score (nSPS) is 14.6. The van der Waals surface area contributed by atoms with Crippen LogP contribution in [0.4, 0.5) is 34.1 Å². The summed E-state index contributed by atoms with van der Waals surface area (Å²) in [4.78, 5) is 4.66. The Morgan fingerprint density at radius 1 is 0.277 bits per heavy atom. The summed E-state index contributed by atoms with van der Waals surface area (Å²) in [6.07, 6.45) is 0. The molecule has 2 aliphatic rings. The quantitative estimate of drug-likeness (QED) is 0.141. The maximum absolute atomic E-state index is 9.93. The largest absolute Gasteiger partial charge is 0.311 e. The Hall–Kier alpha value is -11.9. The Kier molecular flexibility index (Phi) is 9.53. The number of fused-ring (bicyclic) bond motifs is 13. The van der Waals surface area contributed by atoms with Crippen LogP contribution in [-0.4, -0.2) is 20.4 Å². The van der Waals surface area contributed by atoms with Gasteiger partial charge in [-0.25, -0.2) is 0 Å². The molecule has 0 atom stereocenters. The van der Waals surface area contributed by atoms with E-state index in [0.717, 1.165) is 111 Å². The number of hydrogen-bond acceptors (Lipinski definition) is 2. The fourth-order valence-corrected chi connectivity index (χ4v) is 15.0. The molecule has 94 heavy (non-hydrogen) atoms. The average Bonchev–Trinajstić information content (AvgIpc) is 1.02. The Labute approximate surface area is 563 Å². The van der Waals surface area contributed by atoms with E-state index in [1.165, 1.54) is 0 Å². The molecule has 0 saturated carbocycles. The van der Waals surface area contributed by atoms with Crippen LogP contribution in [0.15, 0.2) is 321 Å². The summed E-state index contributed by atoms with van der Waals surface area (Å²) in [6.45, 7) is 6.07. The van der Waals surface area contributed by atoms with Gasteiger partial charge in [0.1, 0.15) is 0 Å². The molecule has 0 spiro atoms. The van der Waals surface area contributed by atoms with Crippen molar-refractivity contribution in [3.05, 3.63) is 327 Å². The van der Waals surface area contributed by atoms with Gasteiger partial charge >= 0.3 is 0 Å². The van der Waals surface area contributed by atoms with Gasteiger partial charge in [-0.2, -0.15) is 0 Å². The van der Waals surface area contributed by atoms with Crippen molar-refractivity contribution in [1.29, 1.82) is 0 Å². The molecular formula is C88H62BN5. The molecule has 442 valence electrons. The minimum Gasteiger partial charge on any atom is -0.311 e. The lowest BCUT2D eigenvalue weighted by atomic mass is 9.33. The first-order valence-electron chi connectivity index (χ1n) is 37.8. The van der Waals surface area contributed by atoms with Crippen LogP contribution in [-0.2, 0) is 5.41 Å². The Balaban J connectivity index is 0.936. The summed E-state index contributed by atoms with van der Waals surface area (Å²) in [5.41, 5.74) is 18.9. The number of rotatable bonds is 8. The standard InChI is InChI=1S/C88H62BN5/c1-88(2,3)63-52-85-87-86(53-63)94(68-50-61(58-26-9-5-10-27-58)48-62(51-68)59-28-11-6-12-29-59)84-56-66(91-79-39-20-15-34-71(79)72-35-16-21-40-80(72)91)42-46-76(84)89(87)75-45-43-67(55-83(75)93(85)64-31-23-30-60(49-64)57-24-7-4-8-25-57)92-81-41-22-17-36-73(81)74-54-65(44-47-82(74)92)90-77-37-18-13-32-69(77)70-33-14-19-38-78(70)90/h4-56H,1-3H3/i15D,16D,17D,20D,21D,22D,34D,35D,36D,39D,40D,41D. The first-order chi connectivity index (χ1) is 51.2. The van der Waals surface area contributed by atoms with Crippen LogP contribution in [0.5, 0.6) is 0 Å². The number of aromatic nitrogens is 3.